The molecule has 0 bridgehead atoms. The van der Waals surface area contributed by atoms with Crippen LogP contribution in [0, 0.1) is 5.92 Å². The van der Waals surface area contributed by atoms with E-state index in [4.69, 9.17) is 0 Å². The molecule has 140 valence electrons. The normalized spacial score (nSPS) is 15.0. The fourth-order valence-electron chi connectivity index (χ4n) is 3.69. The summed E-state index contributed by atoms with van der Waals surface area (Å²) >= 11 is 1.67. The number of aromatic nitrogens is 2. The Hall–Kier alpha value is -2.47. The zero-order valence-corrected chi connectivity index (χ0v) is 16.3. The summed E-state index contributed by atoms with van der Waals surface area (Å²) in [6.45, 7) is 2.50. The Morgan fingerprint density at radius 2 is 1.93 bits per heavy atom. The number of anilines is 2. The van der Waals surface area contributed by atoms with Crippen molar-refractivity contribution in [2.45, 2.75) is 39.0 Å². The van der Waals surface area contributed by atoms with Crippen LogP contribution in [0.1, 0.15) is 39.0 Å². The van der Waals surface area contributed by atoms with Gasteiger partial charge in [0.15, 0.2) is 0 Å². The SMILES string of the molecule is CC(=O)Nc1ccc(-c2cc3c(NCC4CCCCC4)ncnc3s2)cc1. The van der Waals surface area contributed by atoms with Crippen LogP contribution in [0.5, 0.6) is 0 Å². The van der Waals surface area contributed by atoms with E-state index in [1.807, 2.05) is 24.3 Å². The van der Waals surface area contributed by atoms with Crippen molar-refractivity contribution in [3.8, 4) is 10.4 Å². The third kappa shape index (κ3) is 4.27. The van der Waals surface area contributed by atoms with Crippen molar-refractivity contribution in [3.05, 3.63) is 36.7 Å². The van der Waals surface area contributed by atoms with Gasteiger partial charge in [0.1, 0.15) is 17.0 Å². The number of nitrogens with zero attached hydrogens (tertiary/aromatic N) is 2. The smallest absolute Gasteiger partial charge is 0.221 e. The first kappa shape index (κ1) is 17.9. The molecule has 2 N–H and O–H groups in total. The van der Waals surface area contributed by atoms with Gasteiger partial charge in [0.2, 0.25) is 5.91 Å². The second-order valence-electron chi connectivity index (χ2n) is 7.20. The fourth-order valence-corrected chi connectivity index (χ4v) is 4.70. The van der Waals surface area contributed by atoms with Gasteiger partial charge in [-0.25, -0.2) is 9.97 Å². The number of fused-ring (bicyclic) bond motifs is 1. The average Bonchev–Trinajstić information content (AvgIpc) is 3.12. The molecule has 27 heavy (non-hydrogen) atoms. The van der Waals surface area contributed by atoms with E-state index in [-0.39, 0.29) is 5.91 Å². The standard InChI is InChI=1S/C21H24N4OS/c1-14(26)25-17-9-7-16(8-10-17)19-11-18-20(23-13-24-21(18)27-19)22-12-15-5-3-2-4-6-15/h7-11,13,15H,2-6,12H2,1H3,(H,25,26)(H,22,23,24). The van der Waals surface area contributed by atoms with E-state index < -0.39 is 0 Å². The first-order valence-corrected chi connectivity index (χ1v) is 10.4. The molecule has 1 aliphatic rings. The van der Waals surface area contributed by atoms with E-state index in [0.29, 0.717) is 0 Å². The first-order valence-electron chi connectivity index (χ1n) is 9.55. The Morgan fingerprint density at radius 3 is 2.67 bits per heavy atom. The van der Waals surface area contributed by atoms with Gasteiger partial charge in [-0.05, 0) is 42.5 Å². The molecule has 1 fully saturated rings. The van der Waals surface area contributed by atoms with Crippen molar-refractivity contribution in [3.63, 3.8) is 0 Å². The molecule has 1 aliphatic carbocycles. The molecule has 3 aromatic rings. The van der Waals surface area contributed by atoms with Crippen LogP contribution in [-0.2, 0) is 4.79 Å². The number of hydrogen-bond acceptors (Lipinski definition) is 5. The lowest BCUT2D eigenvalue weighted by Gasteiger charge is -2.22. The molecule has 1 saturated carbocycles. The molecule has 6 heteroatoms. The third-order valence-electron chi connectivity index (χ3n) is 5.10. The largest absolute Gasteiger partial charge is 0.369 e. The van der Waals surface area contributed by atoms with Gasteiger partial charge in [-0.1, -0.05) is 31.4 Å². The monoisotopic (exact) mass is 380 g/mol. The van der Waals surface area contributed by atoms with Crippen LogP contribution in [0.25, 0.3) is 20.7 Å². The zero-order chi connectivity index (χ0) is 18.6. The lowest BCUT2D eigenvalue weighted by Crippen LogP contribution is -2.17. The second-order valence-corrected chi connectivity index (χ2v) is 8.23. The van der Waals surface area contributed by atoms with Gasteiger partial charge in [-0.15, -0.1) is 11.3 Å². The highest BCUT2D eigenvalue weighted by molar-refractivity contribution is 7.21. The van der Waals surface area contributed by atoms with Crippen LogP contribution in [0.4, 0.5) is 11.5 Å². The van der Waals surface area contributed by atoms with Crippen molar-refractivity contribution in [2.24, 2.45) is 5.92 Å². The van der Waals surface area contributed by atoms with Crippen molar-refractivity contribution in [1.82, 2.24) is 9.97 Å². The molecule has 1 aromatic carbocycles. The third-order valence-corrected chi connectivity index (χ3v) is 6.19. The lowest BCUT2D eigenvalue weighted by atomic mass is 9.89. The van der Waals surface area contributed by atoms with Crippen molar-refractivity contribution >= 4 is 39.0 Å². The summed E-state index contributed by atoms with van der Waals surface area (Å²) in [7, 11) is 0. The fraction of sp³-hybridized carbons (Fsp3) is 0.381. The van der Waals surface area contributed by atoms with Crippen molar-refractivity contribution < 1.29 is 4.79 Å². The zero-order valence-electron chi connectivity index (χ0n) is 15.5. The topological polar surface area (TPSA) is 66.9 Å². The summed E-state index contributed by atoms with van der Waals surface area (Å²) in [6.07, 6.45) is 8.35. The van der Waals surface area contributed by atoms with E-state index in [0.717, 1.165) is 44.6 Å². The predicted octanol–water partition coefficient (Wildman–Crippen LogP) is 5.31. The maximum atomic E-state index is 11.2. The number of benzene rings is 1. The van der Waals surface area contributed by atoms with Crippen LogP contribution in [0.3, 0.4) is 0 Å². The van der Waals surface area contributed by atoms with E-state index in [9.17, 15) is 4.79 Å². The summed E-state index contributed by atoms with van der Waals surface area (Å²) in [5.74, 6) is 1.62. The molecule has 0 atom stereocenters. The maximum Gasteiger partial charge on any atom is 0.221 e. The number of nitrogens with one attached hydrogen (secondary N) is 2. The van der Waals surface area contributed by atoms with Crippen LogP contribution in [0.15, 0.2) is 36.7 Å². The number of carbonyl (C=O) groups is 1. The van der Waals surface area contributed by atoms with Gasteiger partial charge < -0.3 is 10.6 Å². The van der Waals surface area contributed by atoms with Crippen LogP contribution < -0.4 is 10.6 Å². The summed E-state index contributed by atoms with van der Waals surface area (Å²) in [4.78, 5) is 22.3. The second kappa shape index (κ2) is 8.05. The summed E-state index contributed by atoms with van der Waals surface area (Å²) in [6, 6.07) is 10.1. The van der Waals surface area contributed by atoms with Crippen LogP contribution in [-0.4, -0.2) is 22.4 Å². The predicted molar refractivity (Wildman–Crippen MR) is 112 cm³/mol. The summed E-state index contributed by atoms with van der Waals surface area (Å²) < 4.78 is 0. The number of thiophene rings is 1. The molecule has 2 aromatic heterocycles. The Labute approximate surface area is 163 Å². The molecule has 1 amide bonds. The molecular weight excluding hydrogens is 356 g/mol. The van der Waals surface area contributed by atoms with E-state index in [2.05, 4.69) is 26.7 Å². The molecule has 0 radical (unpaired) electrons. The van der Waals surface area contributed by atoms with E-state index >= 15 is 0 Å². The molecule has 2 heterocycles. The Kier molecular flexibility index (Phi) is 5.34. The van der Waals surface area contributed by atoms with Gasteiger partial charge in [-0.3, -0.25) is 4.79 Å². The van der Waals surface area contributed by atoms with E-state index in [1.54, 1.807) is 17.7 Å². The van der Waals surface area contributed by atoms with Gasteiger partial charge in [-0.2, -0.15) is 0 Å². The number of amides is 1. The quantitative estimate of drug-likeness (QED) is 0.629. The minimum atomic E-state index is -0.0615. The van der Waals surface area contributed by atoms with Gasteiger partial charge in [0.05, 0.1) is 5.39 Å². The molecule has 5 nitrogen and oxygen atoms in total. The Morgan fingerprint density at radius 1 is 1.15 bits per heavy atom. The highest BCUT2D eigenvalue weighted by Crippen LogP contribution is 2.35. The first-order chi connectivity index (χ1) is 13.2. The maximum absolute atomic E-state index is 11.2. The highest BCUT2D eigenvalue weighted by atomic mass is 32.1. The number of hydrogen-bond donors (Lipinski definition) is 2. The summed E-state index contributed by atoms with van der Waals surface area (Å²) in [5.41, 5.74) is 1.92. The van der Waals surface area contributed by atoms with Crippen molar-refractivity contribution in [1.29, 1.82) is 0 Å². The molecule has 4 rings (SSSR count). The van der Waals surface area contributed by atoms with Gasteiger partial charge >= 0.3 is 0 Å². The van der Waals surface area contributed by atoms with Gasteiger partial charge in [0, 0.05) is 24.0 Å². The van der Waals surface area contributed by atoms with E-state index in [1.165, 1.54) is 39.0 Å². The molecule has 0 spiro atoms. The number of rotatable bonds is 5. The highest BCUT2D eigenvalue weighted by Gasteiger charge is 2.15. The van der Waals surface area contributed by atoms with Crippen molar-refractivity contribution in [2.75, 3.05) is 17.2 Å². The molecular formula is C21H24N4OS. The van der Waals surface area contributed by atoms with Gasteiger partial charge in [0.25, 0.3) is 0 Å². The summed E-state index contributed by atoms with van der Waals surface area (Å²) in [5, 5.41) is 7.44. The number of carbonyl (C=O) groups excluding carboxylic acids is 1. The van der Waals surface area contributed by atoms with Crippen LogP contribution >= 0.6 is 11.3 Å². The van der Waals surface area contributed by atoms with Crippen LogP contribution in [0.2, 0.25) is 0 Å². The average molecular weight is 381 g/mol. The Bertz CT molecular complexity index is 929. The molecule has 0 aliphatic heterocycles. The lowest BCUT2D eigenvalue weighted by molar-refractivity contribution is -0.114. The molecule has 0 saturated heterocycles. The minimum absolute atomic E-state index is 0.0615. The molecule has 0 unspecified atom stereocenters. The Balaban J connectivity index is 1.54. The minimum Gasteiger partial charge on any atom is -0.369 e.